The van der Waals surface area contributed by atoms with Crippen molar-refractivity contribution in [3.63, 3.8) is 0 Å². The Balaban J connectivity index is 0.954. The Morgan fingerprint density at radius 3 is 0.984 bits per heavy atom. The summed E-state index contributed by atoms with van der Waals surface area (Å²) in [6, 6.07) is 93.2. The highest BCUT2D eigenvalue weighted by Crippen LogP contribution is 2.58. The molecule has 6 heterocycles. The molecule has 0 atom stereocenters. The Bertz CT molecular complexity index is 8470. The molecule has 582 valence electrons. The van der Waals surface area contributed by atoms with Crippen molar-refractivity contribution in [2.75, 3.05) is 9.80 Å². The first-order chi connectivity index (χ1) is 66.9. The van der Waals surface area contributed by atoms with Crippen LogP contribution in [-0.4, -0.2) is 15.8 Å². The van der Waals surface area contributed by atoms with Crippen LogP contribution in [0.1, 0.15) is 74.6 Å². The number of hydrogen-bond donors (Lipinski definition) is 0. The minimum atomic E-state index is -0.909. The van der Waals surface area contributed by atoms with Gasteiger partial charge in [0.2, 0.25) is 0 Å². The summed E-state index contributed by atoms with van der Waals surface area (Å²) in [4.78, 5) is 4.71. The molecule has 0 saturated heterocycles. The molecule has 22 aromatic rings. The molecule has 24 rings (SSSR count). The van der Waals surface area contributed by atoms with Crippen LogP contribution in [0.3, 0.4) is 0 Å². The van der Waals surface area contributed by atoms with Crippen molar-refractivity contribution in [3.8, 4) is 89.3 Å². The average Bonchev–Trinajstić information content (AvgIpc) is 0.938. The highest BCUT2D eigenvalue weighted by Gasteiger charge is 2.47. The molecule has 7 heteroatoms. The maximum absolute atomic E-state index is 10.2. The molecule has 2 aliphatic heterocycles. The van der Waals surface area contributed by atoms with Crippen LogP contribution >= 0.6 is 0 Å². The normalized spacial score (nSPS) is 14.6. The second-order valence-electron chi connectivity index (χ2n) is 34.2. The van der Waals surface area contributed by atoms with Gasteiger partial charge in [-0.3, -0.25) is 0 Å². The summed E-state index contributed by atoms with van der Waals surface area (Å²) in [6.45, 7) is 12.4. The molecule has 0 fully saturated rings. The van der Waals surface area contributed by atoms with E-state index in [0.29, 0.717) is 67.4 Å². The molecule has 0 bridgehead atoms. The van der Waals surface area contributed by atoms with E-state index in [1.165, 1.54) is 0 Å². The number of rotatable bonds is 11. The molecule has 0 saturated carbocycles. The molecule has 4 aromatic heterocycles. The van der Waals surface area contributed by atoms with E-state index in [4.69, 9.17) is 8.83 Å². The summed E-state index contributed by atoms with van der Waals surface area (Å²) in [5.41, 5.74) is 21.3. The fraction of sp³-hybridized carbons (Fsp3) is 0.0690. The topological polar surface area (TPSA) is 42.6 Å². The van der Waals surface area contributed by atoms with Crippen molar-refractivity contribution in [2.24, 2.45) is 0 Å². The van der Waals surface area contributed by atoms with Crippen molar-refractivity contribution < 1.29 is 30.8 Å². The summed E-state index contributed by atoms with van der Waals surface area (Å²) < 4.78 is 173. The van der Waals surface area contributed by atoms with E-state index in [0.717, 1.165) is 116 Å². The first-order valence-electron chi connectivity index (χ1n) is 49.6. The number of anilines is 6. The van der Waals surface area contributed by atoms with Crippen LogP contribution < -0.4 is 26.2 Å². The fourth-order valence-electron chi connectivity index (χ4n) is 19.3. The van der Waals surface area contributed by atoms with Crippen molar-refractivity contribution >= 4 is 145 Å². The third-order valence-corrected chi connectivity index (χ3v) is 25.1. The number of aromatic nitrogens is 2. The smallest absolute Gasteiger partial charge is 0.252 e. The van der Waals surface area contributed by atoms with Crippen LogP contribution in [0.25, 0.3) is 177 Å². The van der Waals surface area contributed by atoms with E-state index < -0.39 is 114 Å². The van der Waals surface area contributed by atoms with Gasteiger partial charge in [0.1, 0.15) is 22.3 Å². The van der Waals surface area contributed by atoms with Gasteiger partial charge in [0.25, 0.3) is 6.71 Å². The standard InChI is InChI=1S/C116H83BN4O2/c1-115(2,3)80-61-76(62-81(69-80)116(4,5)6)79-67-104-112-105(68-79)121(114-93(75-39-17-10-18-40-75)64-78(73-35-13-8-14-36-73)66-95(114)89-48-32-56-109-111(89)91-46-24-30-54-107(91)123-109)103-71-83(119-100-51-27-21-43-86(100)87-44-22-28-52-101(87)119)58-60-97(103)117(112)96-59-57-82(118-98-49-25-19-41-84(98)85-42-20-26-50-99(85)118)70-102(96)120(104)113-92(74-37-15-9-16-38-74)63-77(72-33-11-7-12-34-72)65-94(113)88-47-31-55-108-110(88)90-45-23-29-53-106(90)122-108/h7-71H,1-6H3/i19D,20D,21D,22D,25D,26D,27D,28D,41D,42D,43D,44D,49D,50D,51D,52D. The Kier molecular flexibility index (Phi) is 12.9. The molecular weight excluding hydrogens is 1490 g/mol. The number of furan rings is 2. The van der Waals surface area contributed by atoms with Crippen molar-refractivity contribution in [1.82, 2.24) is 9.13 Å². The predicted octanol–water partition coefficient (Wildman–Crippen LogP) is 30.0. The number of hydrogen-bond acceptors (Lipinski definition) is 4. The molecule has 123 heavy (non-hydrogen) atoms. The minimum Gasteiger partial charge on any atom is -0.456 e. The molecular formula is C116H83BN4O2. The first kappa shape index (κ1) is 57.1. The van der Waals surface area contributed by atoms with Gasteiger partial charge < -0.3 is 27.8 Å². The molecule has 0 radical (unpaired) electrons. The monoisotopic (exact) mass is 1590 g/mol. The van der Waals surface area contributed by atoms with Gasteiger partial charge in [0.05, 0.1) is 55.4 Å². The lowest BCUT2D eigenvalue weighted by atomic mass is 9.33. The fourth-order valence-corrected chi connectivity index (χ4v) is 19.3. The van der Waals surface area contributed by atoms with Crippen LogP contribution in [0.2, 0.25) is 0 Å². The Hall–Kier alpha value is -15.2. The highest BCUT2D eigenvalue weighted by molar-refractivity contribution is 7.00. The van der Waals surface area contributed by atoms with Crippen LogP contribution in [0.5, 0.6) is 0 Å². The Morgan fingerprint density at radius 2 is 0.593 bits per heavy atom. The maximum Gasteiger partial charge on any atom is 0.252 e. The molecule has 6 nitrogen and oxygen atoms in total. The van der Waals surface area contributed by atoms with E-state index in [1.807, 2.05) is 170 Å². The van der Waals surface area contributed by atoms with Gasteiger partial charge in [-0.05, 0) is 203 Å². The molecule has 18 aromatic carbocycles. The lowest BCUT2D eigenvalue weighted by Gasteiger charge is -2.46. The summed E-state index contributed by atoms with van der Waals surface area (Å²) in [5.74, 6) is 0. The second kappa shape index (κ2) is 27.7. The lowest BCUT2D eigenvalue weighted by Crippen LogP contribution is -2.61. The van der Waals surface area contributed by atoms with E-state index >= 15 is 0 Å². The first-order valence-corrected chi connectivity index (χ1v) is 41.6. The van der Waals surface area contributed by atoms with Gasteiger partial charge in [-0.2, -0.15) is 0 Å². The molecule has 0 unspecified atom stereocenters. The molecule has 0 aliphatic carbocycles. The average molecular weight is 1590 g/mol. The minimum absolute atomic E-state index is 0.0848. The van der Waals surface area contributed by atoms with E-state index in [1.54, 1.807) is 9.13 Å². The van der Waals surface area contributed by atoms with Gasteiger partial charge in [0.15, 0.2) is 0 Å². The maximum atomic E-state index is 10.2. The molecule has 0 amide bonds. The van der Waals surface area contributed by atoms with Gasteiger partial charge >= 0.3 is 0 Å². The zero-order chi connectivity index (χ0) is 96.0. The van der Waals surface area contributed by atoms with Crippen LogP contribution in [0.4, 0.5) is 34.1 Å². The number of nitrogens with zero attached hydrogens (tertiary/aromatic N) is 4. The van der Waals surface area contributed by atoms with Crippen LogP contribution in [0, 0.1) is 0 Å². The number of fused-ring (bicyclic) bond motifs is 16. The van der Waals surface area contributed by atoms with Gasteiger partial charge in [-0.1, -0.05) is 326 Å². The van der Waals surface area contributed by atoms with Gasteiger partial charge in [-0.25, -0.2) is 0 Å². The van der Waals surface area contributed by atoms with Crippen molar-refractivity contribution in [2.45, 2.75) is 52.4 Å². The summed E-state index contributed by atoms with van der Waals surface area (Å²) in [6.07, 6.45) is 0. The molecule has 0 N–H and O–H groups in total. The summed E-state index contributed by atoms with van der Waals surface area (Å²) in [5, 5.41) is 2.96. The summed E-state index contributed by atoms with van der Waals surface area (Å²) in [7, 11) is 0. The van der Waals surface area contributed by atoms with E-state index in [-0.39, 0.29) is 55.0 Å². The molecule has 2 aliphatic rings. The van der Waals surface area contributed by atoms with E-state index in [2.05, 4.69) is 179 Å². The van der Waals surface area contributed by atoms with Crippen molar-refractivity contribution in [3.05, 3.63) is 405 Å². The SMILES string of the molecule is [2H]c1c([2H])c([2H])c2c(c1[2H])c1c([2H])c([2H])c([2H])c([2H])c1n2-c1ccc2c(c1)N(c1c(-c3ccccc3)cc(-c3ccccc3)cc1-c1cccc3oc4ccccc4c13)c1cc(-c3cc(C(C)(C)C)cc(C(C)(C)C)c3)cc3c1B2c1ccc(-n2c4c([2H])c([2H])c([2H])c([2H])c4c4c([2H])c([2H])c([2H])c([2H])c42)cc1N3c1c(-c2ccccc2)cc(-c2ccccc2)cc1-c1cccc2oc3ccccc3c12. The number of benzene rings is 18. The third-order valence-electron chi connectivity index (χ3n) is 25.1. The van der Waals surface area contributed by atoms with Gasteiger partial charge in [0, 0.05) is 99.5 Å². The quantitative estimate of drug-likeness (QED) is 0.121. The van der Waals surface area contributed by atoms with Gasteiger partial charge in [-0.15, -0.1) is 0 Å². The second-order valence-corrected chi connectivity index (χ2v) is 34.2. The van der Waals surface area contributed by atoms with Crippen LogP contribution in [0.15, 0.2) is 403 Å². The highest BCUT2D eigenvalue weighted by atomic mass is 16.3. The zero-order valence-corrected chi connectivity index (χ0v) is 68.0. The Morgan fingerprint density at radius 1 is 0.260 bits per heavy atom. The lowest BCUT2D eigenvalue weighted by molar-refractivity contribution is 0.569. The largest absolute Gasteiger partial charge is 0.456 e. The van der Waals surface area contributed by atoms with Crippen molar-refractivity contribution in [1.29, 1.82) is 0 Å². The predicted molar refractivity (Wildman–Crippen MR) is 519 cm³/mol. The van der Waals surface area contributed by atoms with Crippen LogP contribution in [-0.2, 0) is 10.8 Å². The zero-order valence-electron chi connectivity index (χ0n) is 84.0. The number of para-hydroxylation sites is 6. The molecule has 0 spiro atoms. The Labute approximate surface area is 737 Å². The van der Waals surface area contributed by atoms with E-state index in [9.17, 15) is 21.9 Å². The third kappa shape index (κ3) is 11.4. The summed E-state index contributed by atoms with van der Waals surface area (Å²) >= 11 is 0.